The molecule has 31 heavy (non-hydrogen) atoms. The average molecular weight is 424 g/mol. The summed E-state index contributed by atoms with van der Waals surface area (Å²) in [5.74, 6) is -0.353. The normalized spacial score (nSPS) is 17.9. The van der Waals surface area contributed by atoms with Crippen LogP contribution in [0.15, 0.2) is 36.4 Å². The van der Waals surface area contributed by atoms with Gasteiger partial charge in [-0.05, 0) is 25.2 Å². The molecule has 1 fully saturated rings. The molecule has 0 aromatic heterocycles. The lowest BCUT2D eigenvalue weighted by molar-refractivity contribution is 0.0980. The summed E-state index contributed by atoms with van der Waals surface area (Å²) in [6.07, 6.45) is -0.451. The Balaban J connectivity index is 1.64. The average Bonchev–Trinajstić information content (AvgIpc) is 3.62. The Bertz CT molecular complexity index is 983. The predicted molar refractivity (Wildman–Crippen MR) is 120 cm³/mol. The Morgan fingerprint density at radius 2 is 1.55 bits per heavy atom. The van der Waals surface area contributed by atoms with Crippen molar-refractivity contribution in [2.45, 2.75) is 26.1 Å². The molecular formula is C24H29N3O4. The van der Waals surface area contributed by atoms with E-state index in [1.165, 1.54) is 0 Å². The van der Waals surface area contributed by atoms with Crippen molar-refractivity contribution >= 4 is 22.9 Å². The molecule has 0 saturated carbocycles. The number of fused-ring (bicyclic) bond motifs is 2. The molecule has 0 unspecified atom stereocenters. The quantitative estimate of drug-likeness (QED) is 0.431. The van der Waals surface area contributed by atoms with Crippen LogP contribution in [0.4, 0.5) is 11.4 Å². The second-order valence-corrected chi connectivity index (χ2v) is 7.97. The molecule has 3 N–H and O–H groups in total. The maximum atomic E-state index is 13.4. The van der Waals surface area contributed by atoms with Gasteiger partial charge in [0.1, 0.15) is 0 Å². The molecule has 1 heterocycles. The highest BCUT2D eigenvalue weighted by molar-refractivity contribution is 6.31. The number of hydrogen-bond donors (Lipinski definition) is 3. The molecule has 0 bridgehead atoms. The van der Waals surface area contributed by atoms with E-state index in [1.54, 1.807) is 30.3 Å². The largest absolute Gasteiger partial charge is 0.390 e. The topological polar surface area (TPSA) is 94.2 Å². The number of rotatable bonds is 10. The van der Waals surface area contributed by atoms with E-state index in [2.05, 4.69) is 29.4 Å². The van der Waals surface area contributed by atoms with E-state index in [-0.39, 0.29) is 24.2 Å². The number of aliphatic hydroxyl groups excluding tert-OH is 1. The molecule has 1 saturated heterocycles. The third-order valence-corrected chi connectivity index (χ3v) is 5.89. The van der Waals surface area contributed by atoms with Gasteiger partial charge in [0.15, 0.2) is 11.6 Å². The zero-order valence-electron chi connectivity index (χ0n) is 18.0. The Kier molecular flexibility index (Phi) is 6.36. The SMILES string of the molecule is CCN(CC)C[C@H](O)CNc1ccc(NC[C@@H]2CO2)c2c1C(=O)c1ccccc1C2=O. The molecule has 2 aromatic carbocycles. The highest BCUT2D eigenvalue weighted by atomic mass is 16.6. The van der Waals surface area contributed by atoms with Gasteiger partial charge >= 0.3 is 0 Å². The van der Waals surface area contributed by atoms with E-state index in [9.17, 15) is 14.7 Å². The van der Waals surface area contributed by atoms with E-state index >= 15 is 0 Å². The molecule has 1 aliphatic heterocycles. The van der Waals surface area contributed by atoms with E-state index in [4.69, 9.17) is 4.74 Å². The van der Waals surface area contributed by atoms with Gasteiger partial charge in [-0.1, -0.05) is 38.1 Å². The third kappa shape index (κ3) is 4.49. The number of nitrogens with zero attached hydrogens (tertiary/aromatic N) is 1. The first-order chi connectivity index (χ1) is 15.0. The molecule has 2 aliphatic rings. The van der Waals surface area contributed by atoms with E-state index in [1.807, 2.05) is 6.07 Å². The van der Waals surface area contributed by atoms with Crippen LogP contribution in [0.25, 0.3) is 0 Å². The van der Waals surface area contributed by atoms with E-state index in [0.717, 1.165) is 13.1 Å². The second kappa shape index (κ2) is 9.18. The van der Waals surface area contributed by atoms with Crippen molar-refractivity contribution in [1.82, 2.24) is 4.90 Å². The van der Waals surface area contributed by atoms with Gasteiger partial charge < -0.3 is 25.4 Å². The fraction of sp³-hybridized carbons (Fsp3) is 0.417. The van der Waals surface area contributed by atoms with Crippen molar-refractivity contribution in [1.29, 1.82) is 0 Å². The summed E-state index contributed by atoms with van der Waals surface area (Å²) in [6.45, 7) is 7.95. The van der Waals surface area contributed by atoms with Gasteiger partial charge in [-0.3, -0.25) is 9.59 Å². The number of nitrogens with one attached hydrogen (secondary N) is 2. The molecule has 4 rings (SSSR count). The number of likely N-dealkylation sites (N-methyl/N-ethyl adjacent to an activating group) is 1. The smallest absolute Gasteiger partial charge is 0.196 e. The number of aliphatic hydroxyl groups is 1. The highest BCUT2D eigenvalue weighted by Crippen LogP contribution is 2.36. The molecule has 2 atom stereocenters. The van der Waals surface area contributed by atoms with Crippen LogP contribution < -0.4 is 10.6 Å². The molecule has 7 nitrogen and oxygen atoms in total. The standard InChI is InChI=1S/C24H29N3O4/c1-3-27(4-2)13-15(28)11-25-19-9-10-20(26-12-16-14-31-16)22-21(19)23(29)17-7-5-6-8-18(17)24(22)30/h5-10,15-16,25-26,28H,3-4,11-14H2,1-2H3/t15-,16-/m1/s1. The summed E-state index contributed by atoms with van der Waals surface area (Å²) in [5.41, 5.74) is 2.77. The van der Waals surface area contributed by atoms with Gasteiger partial charge in [0.05, 0.1) is 29.9 Å². The lowest BCUT2D eigenvalue weighted by Crippen LogP contribution is -2.36. The Hall–Kier alpha value is -2.74. The molecule has 0 radical (unpaired) electrons. The van der Waals surface area contributed by atoms with Gasteiger partial charge in [-0.25, -0.2) is 0 Å². The first kappa shape index (κ1) is 21.5. The van der Waals surface area contributed by atoms with Crippen molar-refractivity contribution in [2.75, 3.05) is 50.0 Å². The number of epoxide rings is 1. The fourth-order valence-corrected chi connectivity index (χ4v) is 4.00. The number of anilines is 2. The number of carbonyl (C=O) groups excluding carboxylic acids is 2. The molecule has 164 valence electrons. The molecule has 2 aromatic rings. The van der Waals surface area contributed by atoms with Gasteiger partial charge in [0.25, 0.3) is 0 Å². The maximum Gasteiger partial charge on any atom is 0.196 e. The minimum Gasteiger partial charge on any atom is -0.390 e. The van der Waals surface area contributed by atoms with Gasteiger partial charge in [0.2, 0.25) is 0 Å². The zero-order chi connectivity index (χ0) is 22.0. The second-order valence-electron chi connectivity index (χ2n) is 7.97. The summed E-state index contributed by atoms with van der Waals surface area (Å²) in [5, 5.41) is 16.9. The highest BCUT2D eigenvalue weighted by Gasteiger charge is 2.34. The van der Waals surface area contributed by atoms with Crippen molar-refractivity contribution in [3.63, 3.8) is 0 Å². The summed E-state index contributed by atoms with van der Waals surface area (Å²) < 4.78 is 5.26. The van der Waals surface area contributed by atoms with Crippen LogP contribution in [0.1, 0.15) is 45.7 Å². The fourth-order valence-electron chi connectivity index (χ4n) is 4.00. The van der Waals surface area contributed by atoms with Crippen molar-refractivity contribution in [3.8, 4) is 0 Å². The third-order valence-electron chi connectivity index (χ3n) is 5.89. The number of hydrogen-bond acceptors (Lipinski definition) is 7. The van der Waals surface area contributed by atoms with Crippen molar-refractivity contribution in [3.05, 3.63) is 58.7 Å². The Labute approximate surface area is 182 Å². The van der Waals surface area contributed by atoms with Crippen molar-refractivity contribution < 1.29 is 19.4 Å². The van der Waals surface area contributed by atoms with Crippen LogP contribution in [-0.2, 0) is 4.74 Å². The van der Waals surface area contributed by atoms with Crippen LogP contribution in [0.5, 0.6) is 0 Å². The first-order valence-corrected chi connectivity index (χ1v) is 10.9. The monoisotopic (exact) mass is 423 g/mol. The van der Waals surface area contributed by atoms with E-state index in [0.29, 0.717) is 53.3 Å². The lowest BCUT2D eigenvalue weighted by atomic mass is 9.82. The molecule has 0 amide bonds. The lowest BCUT2D eigenvalue weighted by Gasteiger charge is -2.25. The molecular weight excluding hydrogens is 394 g/mol. The Morgan fingerprint density at radius 1 is 1.00 bits per heavy atom. The van der Waals surface area contributed by atoms with E-state index < -0.39 is 6.10 Å². The minimum atomic E-state index is -0.595. The van der Waals surface area contributed by atoms with Crippen LogP contribution in [0, 0.1) is 0 Å². The summed E-state index contributed by atoms with van der Waals surface area (Å²) in [4.78, 5) is 28.9. The molecule has 0 spiro atoms. The van der Waals surface area contributed by atoms with Crippen molar-refractivity contribution in [2.24, 2.45) is 0 Å². The van der Waals surface area contributed by atoms with Gasteiger partial charge in [-0.2, -0.15) is 0 Å². The zero-order valence-corrected chi connectivity index (χ0v) is 18.0. The summed E-state index contributed by atoms with van der Waals surface area (Å²) in [7, 11) is 0. The Morgan fingerprint density at radius 3 is 2.06 bits per heavy atom. The number of ether oxygens (including phenoxy) is 1. The predicted octanol–water partition coefficient (Wildman–Crippen LogP) is 2.39. The number of carbonyl (C=O) groups is 2. The van der Waals surface area contributed by atoms with Crippen LogP contribution in [0.2, 0.25) is 0 Å². The molecule has 7 heteroatoms. The number of ketones is 2. The first-order valence-electron chi connectivity index (χ1n) is 10.9. The summed E-state index contributed by atoms with van der Waals surface area (Å²) >= 11 is 0. The maximum absolute atomic E-state index is 13.4. The van der Waals surface area contributed by atoms with Crippen LogP contribution in [-0.4, -0.2) is 73.1 Å². The number of benzene rings is 2. The van der Waals surface area contributed by atoms with Crippen LogP contribution >= 0.6 is 0 Å². The molecule has 1 aliphatic carbocycles. The van der Waals surface area contributed by atoms with Gasteiger partial charge in [-0.15, -0.1) is 0 Å². The minimum absolute atomic E-state index is 0.144. The summed E-state index contributed by atoms with van der Waals surface area (Å²) in [6, 6.07) is 10.5. The van der Waals surface area contributed by atoms with Gasteiger partial charge in [0, 0.05) is 42.1 Å². The van der Waals surface area contributed by atoms with Crippen LogP contribution in [0.3, 0.4) is 0 Å².